The first kappa shape index (κ1) is 23.0. The second-order valence-corrected chi connectivity index (χ2v) is 4.90. The van der Waals surface area contributed by atoms with Crippen LogP contribution < -0.4 is 10.6 Å². The number of nitrogens with zero attached hydrogens (tertiary/aromatic N) is 1. The second kappa shape index (κ2) is 14.4. The van der Waals surface area contributed by atoms with E-state index in [9.17, 15) is 8.78 Å². The first-order chi connectivity index (χ1) is 11.2. The van der Waals surface area contributed by atoms with Gasteiger partial charge in [-0.3, -0.25) is 4.99 Å². The Labute approximate surface area is 159 Å². The summed E-state index contributed by atoms with van der Waals surface area (Å²) in [4.78, 5) is 4.04. The van der Waals surface area contributed by atoms with Gasteiger partial charge in [0.15, 0.2) is 5.96 Å². The molecule has 1 aromatic rings. The third-order valence-electron chi connectivity index (χ3n) is 3.12. The third-order valence-corrected chi connectivity index (χ3v) is 3.12. The molecule has 1 rings (SSSR count). The monoisotopic (exact) mass is 457 g/mol. The number of halogens is 3. The van der Waals surface area contributed by atoms with Crippen LogP contribution in [0.15, 0.2) is 23.2 Å². The summed E-state index contributed by atoms with van der Waals surface area (Å²) in [6.07, 6.45) is 1.84. The highest BCUT2D eigenvalue weighted by Gasteiger charge is 2.05. The molecule has 0 unspecified atom stereocenters. The van der Waals surface area contributed by atoms with Gasteiger partial charge in [-0.25, -0.2) is 8.78 Å². The molecule has 0 radical (unpaired) electrons. The van der Waals surface area contributed by atoms with Crippen LogP contribution in [0.25, 0.3) is 0 Å². The van der Waals surface area contributed by atoms with Gasteiger partial charge in [-0.05, 0) is 31.0 Å². The molecule has 2 N–H and O–H groups in total. The molecular formula is C16H26F2IN3O2. The molecule has 0 fully saturated rings. The van der Waals surface area contributed by atoms with E-state index in [1.807, 2.05) is 0 Å². The number of aliphatic imine (C=N–C) groups is 1. The summed E-state index contributed by atoms with van der Waals surface area (Å²) in [5, 5.41) is 6.08. The quantitative estimate of drug-likeness (QED) is 0.246. The van der Waals surface area contributed by atoms with Crippen molar-refractivity contribution in [3.63, 3.8) is 0 Å². The van der Waals surface area contributed by atoms with Crippen LogP contribution in [0, 0.1) is 11.6 Å². The van der Waals surface area contributed by atoms with E-state index in [0.29, 0.717) is 25.8 Å². The van der Waals surface area contributed by atoms with Crippen LogP contribution in [0.4, 0.5) is 8.78 Å². The maximum Gasteiger partial charge on any atom is 0.191 e. The zero-order valence-electron chi connectivity index (χ0n) is 14.1. The fourth-order valence-electron chi connectivity index (χ4n) is 1.86. The van der Waals surface area contributed by atoms with Crippen molar-refractivity contribution in [2.75, 3.05) is 40.5 Å². The van der Waals surface area contributed by atoms with Crippen molar-refractivity contribution >= 4 is 29.9 Å². The van der Waals surface area contributed by atoms with Crippen molar-refractivity contribution in [1.29, 1.82) is 0 Å². The Balaban J connectivity index is 0.00000529. The molecule has 138 valence electrons. The van der Waals surface area contributed by atoms with Crippen LogP contribution in [-0.2, 0) is 16.0 Å². The summed E-state index contributed by atoms with van der Waals surface area (Å²) >= 11 is 0. The maximum atomic E-state index is 13.5. The largest absolute Gasteiger partial charge is 0.382 e. The average molecular weight is 457 g/mol. The predicted molar refractivity (Wildman–Crippen MR) is 102 cm³/mol. The number of methoxy groups -OCH3 is 1. The van der Waals surface area contributed by atoms with E-state index >= 15 is 0 Å². The number of unbranched alkanes of at least 4 members (excludes halogenated alkanes) is 1. The van der Waals surface area contributed by atoms with E-state index in [1.54, 1.807) is 14.2 Å². The smallest absolute Gasteiger partial charge is 0.191 e. The maximum absolute atomic E-state index is 13.5. The predicted octanol–water partition coefficient (Wildman–Crippen LogP) is 2.69. The van der Waals surface area contributed by atoms with Gasteiger partial charge < -0.3 is 20.1 Å². The molecule has 24 heavy (non-hydrogen) atoms. The molecule has 0 atom stereocenters. The van der Waals surface area contributed by atoms with Gasteiger partial charge in [-0.2, -0.15) is 0 Å². The first-order valence-corrected chi connectivity index (χ1v) is 7.62. The van der Waals surface area contributed by atoms with E-state index in [1.165, 1.54) is 6.07 Å². The zero-order valence-corrected chi connectivity index (χ0v) is 16.4. The molecule has 0 aromatic heterocycles. The summed E-state index contributed by atoms with van der Waals surface area (Å²) in [5.41, 5.74) is 0.263. The van der Waals surface area contributed by atoms with Gasteiger partial charge in [-0.15, -0.1) is 24.0 Å². The number of hydrogen-bond donors (Lipinski definition) is 2. The molecule has 0 heterocycles. The Bertz CT molecular complexity index is 490. The minimum Gasteiger partial charge on any atom is -0.382 e. The topological polar surface area (TPSA) is 54.9 Å². The van der Waals surface area contributed by atoms with Gasteiger partial charge in [0.05, 0.1) is 13.2 Å². The van der Waals surface area contributed by atoms with E-state index in [2.05, 4.69) is 15.6 Å². The van der Waals surface area contributed by atoms with Gasteiger partial charge in [0.25, 0.3) is 0 Å². The van der Waals surface area contributed by atoms with Gasteiger partial charge >= 0.3 is 0 Å². The lowest BCUT2D eigenvalue weighted by atomic mass is 10.2. The van der Waals surface area contributed by atoms with Crippen LogP contribution in [-0.4, -0.2) is 46.5 Å². The summed E-state index contributed by atoms with van der Waals surface area (Å²) < 4.78 is 36.9. The van der Waals surface area contributed by atoms with Crippen molar-refractivity contribution in [3.05, 3.63) is 35.4 Å². The van der Waals surface area contributed by atoms with Crippen LogP contribution in [0.3, 0.4) is 0 Å². The number of benzene rings is 1. The highest BCUT2D eigenvalue weighted by molar-refractivity contribution is 14.0. The zero-order chi connectivity index (χ0) is 16.9. The molecule has 0 aliphatic carbocycles. The number of hydrogen-bond acceptors (Lipinski definition) is 3. The Kier molecular flexibility index (Phi) is 13.8. The molecule has 0 bridgehead atoms. The molecule has 0 saturated carbocycles. The standard InChI is InChI=1S/C16H25F2N3O2.HI/c1-19-16(20-7-3-4-8-23-10-9-22-2)21-12-13-11-14(17)5-6-15(13)18;/h5-6,11H,3-4,7-10,12H2,1-2H3,(H2,19,20,21);1H. The highest BCUT2D eigenvalue weighted by Crippen LogP contribution is 2.08. The van der Waals surface area contributed by atoms with Crippen molar-refractivity contribution in [2.45, 2.75) is 19.4 Å². The lowest BCUT2D eigenvalue weighted by Crippen LogP contribution is -2.37. The minimum atomic E-state index is -0.459. The number of nitrogens with one attached hydrogen (secondary N) is 2. The van der Waals surface area contributed by atoms with Gasteiger partial charge in [-0.1, -0.05) is 0 Å². The Hall–Kier alpha value is -1.00. The van der Waals surface area contributed by atoms with E-state index in [0.717, 1.165) is 31.5 Å². The highest BCUT2D eigenvalue weighted by atomic mass is 127. The minimum absolute atomic E-state index is 0. The SMILES string of the molecule is CN=C(NCCCCOCCOC)NCc1cc(F)ccc1F.I. The molecule has 1 aromatic carbocycles. The summed E-state index contributed by atoms with van der Waals surface area (Å²) in [5.74, 6) is -0.351. The molecule has 0 spiro atoms. The molecule has 0 amide bonds. The summed E-state index contributed by atoms with van der Waals surface area (Å²) in [6, 6.07) is 3.39. The second-order valence-electron chi connectivity index (χ2n) is 4.90. The molecule has 0 aliphatic heterocycles. The normalized spacial score (nSPS) is 11.1. The Morgan fingerprint density at radius 2 is 1.92 bits per heavy atom. The van der Waals surface area contributed by atoms with E-state index < -0.39 is 11.6 Å². The molecule has 0 saturated heterocycles. The van der Waals surface area contributed by atoms with Gasteiger partial charge in [0.2, 0.25) is 0 Å². The van der Waals surface area contributed by atoms with Gasteiger partial charge in [0.1, 0.15) is 11.6 Å². The van der Waals surface area contributed by atoms with E-state index in [-0.39, 0.29) is 36.1 Å². The fourth-order valence-corrected chi connectivity index (χ4v) is 1.86. The lowest BCUT2D eigenvalue weighted by Gasteiger charge is -2.12. The van der Waals surface area contributed by atoms with Crippen molar-refractivity contribution in [1.82, 2.24) is 10.6 Å². The fraction of sp³-hybridized carbons (Fsp3) is 0.562. The molecule has 0 aliphatic rings. The van der Waals surface area contributed by atoms with Crippen molar-refractivity contribution < 1.29 is 18.3 Å². The molecule has 8 heteroatoms. The van der Waals surface area contributed by atoms with Gasteiger partial charge in [0, 0.05) is 39.4 Å². The Morgan fingerprint density at radius 1 is 1.12 bits per heavy atom. The molecular weight excluding hydrogens is 431 g/mol. The number of ether oxygens (including phenoxy) is 2. The van der Waals surface area contributed by atoms with Crippen molar-refractivity contribution in [3.8, 4) is 0 Å². The Morgan fingerprint density at radius 3 is 2.62 bits per heavy atom. The van der Waals surface area contributed by atoms with E-state index in [4.69, 9.17) is 9.47 Å². The molecule has 5 nitrogen and oxygen atoms in total. The first-order valence-electron chi connectivity index (χ1n) is 7.62. The van der Waals surface area contributed by atoms with Crippen LogP contribution in [0.1, 0.15) is 18.4 Å². The lowest BCUT2D eigenvalue weighted by molar-refractivity contribution is 0.0689. The average Bonchev–Trinajstić information content (AvgIpc) is 2.55. The van der Waals surface area contributed by atoms with Crippen molar-refractivity contribution in [2.24, 2.45) is 4.99 Å². The number of guanidine groups is 1. The van der Waals surface area contributed by atoms with Crippen LogP contribution >= 0.6 is 24.0 Å². The summed E-state index contributed by atoms with van der Waals surface area (Å²) in [7, 11) is 3.27. The number of rotatable bonds is 10. The summed E-state index contributed by atoms with van der Waals surface area (Å²) in [6.45, 7) is 2.78. The van der Waals surface area contributed by atoms with Crippen LogP contribution in [0.2, 0.25) is 0 Å². The van der Waals surface area contributed by atoms with Crippen LogP contribution in [0.5, 0.6) is 0 Å². The third kappa shape index (κ3) is 9.99.